The molecule has 1 fully saturated rings. The molecule has 1 rings (SSSR count). The number of carbonyl (C=O) groups is 2. The molecule has 4 nitrogen and oxygen atoms in total. The first-order valence-corrected chi connectivity index (χ1v) is 9.51. The van der Waals surface area contributed by atoms with Gasteiger partial charge in [0.1, 0.15) is 6.10 Å². The molecule has 0 aliphatic heterocycles. The lowest BCUT2D eigenvalue weighted by Crippen LogP contribution is -2.31. The van der Waals surface area contributed by atoms with Crippen molar-refractivity contribution in [3.8, 4) is 0 Å². The lowest BCUT2D eigenvalue weighted by atomic mass is 9.81. The van der Waals surface area contributed by atoms with Crippen molar-refractivity contribution in [1.82, 2.24) is 0 Å². The van der Waals surface area contributed by atoms with Gasteiger partial charge in [0.2, 0.25) is 0 Å². The minimum atomic E-state index is -0.774. The van der Waals surface area contributed by atoms with E-state index in [4.69, 9.17) is 9.84 Å². The van der Waals surface area contributed by atoms with E-state index in [-0.39, 0.29) is 23.9 Å². The Hall–Kier alpha value is -1.06. The Morgan fingerprint density at radius 1 is 1.00 bits per heavy atom. The number of carboxylic acids is 1. The summed E-state index contributed by atoms with van der Waals surface area (Å²) in [6.07, 6.45) is 11.6. The highest BCUT2D eigenvalue weighted by atomic mass is 16.5. The Balaban J connectivity index is 2.45. The molecule has 0 saturated heterocycles. The van der Waals surface area contributed by atoms with Gasteiger partial charge in [0.25, 0.3) is 0 Å². The van der Waals surface area contributed by atoms with Crippen LogP contribution in [-0.4, -0.2) is 23.1 Å². The number of aliphatic carboxylic acids is 1. The Bertz CT molecular complexity index is 353. The van der Waals surface area contributed by atoms with Crippen molar-refractivity contribution in [2.45, 2.75) is 97.0 Å². The van der Waals surface area contributed by atoms with Crippen molar-refractivity contribution < 1.29 is 19.4 Å². The molecule has 0 aromatic carbocycles. The molecule has 0 bridgehead atoms. The first kappa shape index (κ1) is 20.0. The highest BCUT2D eigenvalue weighted by molar-refractivity contribution is 5.75. The number of carbonyl (C=O) groups excluding carboxylic acids is 1. The Labute approximate surface area is 141 Å². The summed E-state index contributed by atoms with van der Waals surface area (Å²) in [6.45, 7) is 4.34. The van der Waals surface area contributed by atoms with E-state index in [0.29, 0.717) is 12.8 Å². The van der Waals surface area contributed by atoms with E-state index in [1.807, 2.05) is 0 Å². The van der Waals surface area contributed by atoms with Crippen LogP contribution in [0.15, 0.2) is 0 Å². The minimum Gasteiger partial charge on any atom is -0.481 e. The van der Waals surface area contributed by atoms with E-state index in [0.717, 1.165) is 44.9 Å². The van der Waals surface area contributed by atoms with Crippen LogP contribution < -0.4 is 0 Å². The molecular formula is C19H34O4. The van der Waals surface area contributed by atoms with E-state index < -0.39 is 5.97 Å². The fraction of sp³-hybridized carbons (Fsp3) is 0.895. The Kier molecular flexibility index (Phi) is 9.97. The van der Waals surface area contributed by atoms with E-state index >= 15 is 0 Å². The number of carboxylic acid groups (broad SMARTS) is 1. The van der Waals surface area contributed by atoms with Crippen LogP contribution in [0, 0.1) is 11.8 Å². The molecule has 23 heavy (non-hydrogen) atoms. The van der Waals surface area contributed by atoms with Crippen LogP contribution in [0.5, 0.6) is 0 Å². The van der Waals surface area contributed by atoms with Gasteiger partial charge in [0, 0.05) is 0 Å². The molecule has 3 unspecified atom stereocenters. The smallest absolute Gasteiger partial charge is 0.309 e. The maximum atomic E-state index is 12.4. The van der Waals surface area contributed by atoms with E-state index in [9.17, 15) is 9.59 Å². The molecule has 4 heteroatoms. The highest BCUT2D eigenvalue weighted by Gasteiger charge is 2.32. The number of hydrogen-bond donors (Lipinski definition) is 1. The normalized spacial score (nSPS) is 22.5. The lowest BCUT2D eigenvalue weighted by Gasteiger charge is -2.27. The summed E-state index contributed by atoms with van der Waals surface area (Å²) in [5, 5.41) is 9.15. The SMILES string of the molecule is CCCCCCC(CCCC)OC(=O)C1CCCC(C(=O)O)C1. The fourth-order valence-corrected chi connectivity index (χ4v) is 3.38. The van der Waals surface area contributed by atoms with Crippen molar-refractivity contribution in [2.24, 2.45) is 11.8 Å². The third-order valence-corrected chi connectivity index (χ3v) is 4.90. The molecule has 0 aromatic heterocycles. The average Bonchev–Trinajstić information content (AvgIpc) is 2.56. The Morgan fingerprint density at radius 3 is 2.30 bits per heavy atom. The summed E-state index contributed by atoms with van der Waals surface area (Å²) in [5.74, 6) is -1.53. The third kappa shape index (κ3) is 7.85. The molecule has 0 radical (unpaired) electrons. The number of ether oxygens (including phenoxy) is 1. The molecule has 1 aliphatic carbocycles. The number of esters is 1. The van der Waals surface area contributed by atoms with Gasteiger partial charge in [0.05, 0.1) is 11.8 Å². The van der Waals surface area contributed by atoms with Gasteiger partial charge in [-0.1, -0.05) is 52.4 Å². The zero-order valence-corrected chi connectivity index (χ0v) is 14.9. The predicted octanol–water partition coefficient (Wildman–Crippen LogP) is 4.95. The average molecular weight is 326 g/mol. The van der Waals surface area contributed by atoms with Gasteiger partial charge in [-0.15, -0.1) is 0 Å². The van der Waals surface area contributed by atoms with Crippen molar-refractivity contribution in [3.63, 3.8) is 0 Å². The van der Waals surface area contributed by atoms with Gasteiger partial charge in [-0.25, -0.2) is 0 Å². The molecule has 3 atom stereocenters. The zero-order chi connectivity index (χ0) is 17.1. The van der Waals surface area contributed by atoms with Gasteiger partial charge >= 0.3 is 11.9 Å². The van der Waals surface area contributed by atoms with Crippen LogP contribution in [0.25, 0.3) is 0 Å². The fourth-order valence-electron chi connectivity index (χ4n) is 3.38. The van der Waals surface area contributed by atoms with Gasteiger partial charge in [-0.2, -0.15) is 0 Å². The molecule has 0 spiro atoms. The number of rotatable bonds is 11. The van der Waals surface area contributed by atoms with E-state index in [1.54, 1.807) is 0 Å². The standard InChI is InChI=1S/C19H34O4/c1-3-5-7-8-13-17(12-6-4-2)23-19(22)16-11-9-10-15(14-16)18(20)21/h15-17H,3-14H2,1-2H3,(H,20,21). The first-order chi connectivity index (χ1) is 11.1. The minimum absolute atomic E-state index is 0.0181. The molecule has 0 heterocycles. The molecular weight excluding hydrogens is 292 g/mol. The molecule has 0 amide bonds. The largest absolute Gasteiger partial charge is 0.481 e. The summed E-state index contributed by atoms with van der Waals surface area (Å²) in [6, 6.07) is 0. The molecule has 1 aliphatic rings. The third-order valence-electron chi connectivity index (χ3n) is 4.90. The van der Waals surface area contributed by atoms with Crippen LogP contribution >= 0.6 is 0 Å². The van der Waals surface area contributed by atoms with Crippen LogP contribution in [0.1, 0.15) is 90.9 Å². The molecule has 1 N–H and O–H groups in total. The maximum absolute atomic E-state index is 12.4. The van der Waals surface area contributed by atoms with Gasteiger partial charge < -0.3 is 9.84 Å². The topological polar surface area (TPSA) is 63.6 Å². The summed E-state index contributed by atoms with van der Waals surface area (Å²) >= 11 is 0. The van der Waals surface area contributed by atoms with E-state index in [1.165, 1.54) is 19.3 Å². The summed E-state index contributed by atoms with van der Waals surface area (Å²) in [5.41, 5.74) is 0. The van der Waals surface area contributed by atoms with Crippen molar-refractivity contribution in [2.75, 3.05) is 0 Å². The summed E-state index contributed by atoms with van der Waals surface area (Å²) in [7, 11) is 0. The van der Waals surface area contributed by atoms with Crippen molar-refractivity contribution in [3.05, 3.63) is 0 Å². The van der Waals surface area contributed by atoms with Crippen LogP contribution in [0.3, 0.4) is 0 Å². The highest BCUT2D eigenvalue weighted by Crippen LogP contribution is 2.31. The number of hydrogen-bond acceptors (Lipinski definition) is 3. The second-order valence-electron chi connectivity index (χ2n) is 6.95. The Morgan fingerprint density at radius 2 is 1.65 bits per heavy atom. The maximum Gasteiger partial charge on any atom is 0.309 e. The van der Waals surface area contributed by atoms with Gasteiger partial charge in [-0.3, -0.25) is 9.59 Å². The second-order valence-corrected chi connectivity index (χ2v) is 6.95. The van der Waals surface area contributed by atoms with E-state index in [2.05, 4.69) is 13.8 Å². The summed E-state index contributed by atoms with van der Waals surface area (Å²) in [4.78, 5) is 23.6. The quantitative estimate of drug-likeness (QED) is 0.431. The number of unbranched alkanes of at least 4 members (excludes halogenated alkanes) is 4. The second kappa shape index (κ2) is 11.5. The van der Waals surface area contributed by atoms with Gasteiger partial charge in [-0.05, 0) is 38.5 Å². The molecule has 134 valence electrons. The zero-order valence-electron chi connectivity index (χ0n) is 14.9. The van der Waals surface area contributed by atoms with Crippen LogP contribution in [0.2, 0.25) is 0 Å². The van der Waals surface area contributed by atoms with Crippen LogP contribution in [-0.2, 0) is 14.3 Å². The molecule has 0 aromatic rings. The molecule has 1 saturated carbocycles. The predicted molar refractivity (Wildman–Crippen MR) is 91.2 cm³/mol. The van der Waals surface area contributed by atoms with Crippen LogP contribution in [0.4, 0.5) is 0 Å². The van der Waals surface area contributed by atoms with Gasteiger partial charge in [0.15, 0.2) is 0 Å². The first-order valence-electron chi connectivity index (χ1n) is 9.51. The summed E-state index contributed by atoms with van der Waals surface area (Å²) < 4.78 is 5.77. The lowest BCUT2D eigenvalue weighted by molar-refractivity contribution is -0.158. The monoisotopic (exact) mass is 326 g/mol. The van der Waals surface area contributed by atoms with Crippen molar-refractivity contribution in [1.29, 1.82) is 0 Å². The van der Waals surface area contributed by atoms with Crippen molar-refractivity contribution >= 4 is 11.9 Å².